The van der Waals surface area contributed by atoms with E-state index < -0.39 is 0 Å². The predicted octanol–water partition coefficient (Wildman–Crippen LogP) is 0.433. The summed E-state index contributed by atoms with van der Waals surface area (Å²) in [5.41, 5.74) is 0. The molecule has 5 heteroatoms. The topological polar surface area (TPSA) is 58.6 Å². The minimum Gasteiger partial charge on any atom is -0.380 e. The van der Waals surface area contributed by atoms with E-state index in [4.69, 9.17) is 4.74 Å². The van der Waals surface area contributed by atoms with Crippen molar-refractivity contribution in [1.82, 2.24) is 10.2 Å². The van der Waals surface area contributed by atoms with Gasteiger partial charge in [-0.3, -0.25) is 14.5 Å². The minimum atomic E-state index is -0.321. The Morgan fingerprint density at radius 2 is 2.00 bits per heavy atom. The van der Waals surface area contributed by atoms with E-state index in [9.17, 15) is 9.59 Å². The number of rotatable bonds is 4. The Labute approximate surface area is 107 Å². The van der Waals surface area contributed by atoms with Gasteiger partial charge in [0.25, 0.3) is 0 Å². The molecule has 0 spiro atoms. The van der Waals surface area contributed by atoms with Crippen molar-refractivity contribution < 1.29 is 14.3 Å². The number of amides is 2. The van der Waals surface area contributed by atoms with Crippen molar-refractivity contribution in [2.75, 3.05) is 7.11 Å². The van der Waals surface area contributed by atoms with Gasteiger partial charge >= 0.3 is 0 Å². The van der Waals surface area contributed by atoms with Crippen LogP contribution in [0.25, 0.3) is 0 Å². The minimum absolute atomic E-state index is 0.00744. The highest BCUT2D eigenvalue weighted by Gasteiger charge is 2.47. The highest BCUT2D eigenvalue weighted by molar-refractivity contribution is 6.06. The van der Waals surface area contributed by atoms with Gasteiger partial charge in [-0.1, -0.05) is 0 Å². The van der Waals surface area contributed by atoms with Crippen LogP contribution >= 0.6 is 0 Å². The summed E-state index contributed by atoms with van der Waals surface area (Å²) in [5, 5.41) is 3.33. The second kappa shape index (κ2) is 4.63. The maximum Gasteiger partial charge on any atom is 0.247 e. The third-order valence-electron chi connectivity index (χ3n) is 4.27. The second-order valence-electron chi connectivity index (χ2n) is 5.57. The first kappa shape index (κ1) is 12.1. The number of carbonyl (C=O) groups is 2. The van der Waals surface area contributed by atoms with E-state index in [1.165, 1.54) is 4.90 Å². The van der Waals surface area contributed by atoms with Crippen LogP contribution in [0, 0.1) is 0 Å². The van der Waals surface area contributed by atoms with Crippen LogP contribution < -0.4 is 5.32 Å². The monoisotopic (exact) mass is 252 g/mol. The number of imide groups is 1. The molecule has 18 heavy (non-hydrogen) atoms. The molecule has 5 nitrogen and oxygen atoms in total. The van der Waals surface area contributed by atoms with Crippen molar-refractivity contribution >= 4 is 11.8 Å². The molecule has 0 radical (unpaired) electrons. The van der Waals surface area contributed by atoms with Gasteiger partial charge in [0.1, 0.15) is 0 Å². The predicted molar refractivity (Wildman–Crippen MR) is 64.9 cm³/mol. The molecule has 1 heterocycles. The zero-order chi connectivity index (χ0) is 12.7. The molecule has 0 aromatic rings. The molecular formula is C13H20N2O3. The summed E-state index contributed by atoms with van der Waals surface area (Å²) >= 11 is 0. The van der Waals surface area contributed by atoms with Gasteiger partial charge in [0.15, 0.2) is 0 Å². The van der Waals surface area contributed by atoms with E-state index in [1.807, 2.05) is 0 Å². The Balaban J connectivity index is 1.63. The summed E-state index contributed by atoms with van der Waals surface area (Å²) < 4.78 is 5.41. The molecule has 3 atom stereocenters. The molecular weight excluding hydrogens is 232 g/mol. The van der Waals surface area contributed by atoms with Crippen molar-refractivity contribution in [3.63, 3.8) is 0 Å². The molecule has 2 saturated carbocycles. The molecule has 2 amide bonds. The zero-order valence-corrected chi connectivity index (χ0v) is 10.7. The molecule has 3 aliphatic rings. The molecule has 3 unspecified atom stereocenters. The van der Waals surface area contributed by atoms with Crippen molar-refractivity contribution in [3.8, 4) is 0 Å². The molecule has 3 rings (SSSR count). The van der Waals surface area contributed by atoms with Gasteiger partial charge in [0, 0.05) is 19.2 Å². The lowest BCUT2D eigenvalue weighted by molar-refractivity contribution is -0.139. The first-order valence-corrected chi connectivity index (χ1v) is 6.85. The van der Waals surface area contributed by atoms with Crippen LogP contribution in [0.4, 0.5) is 0 Å². The lowest BCUT2D eigenvalue weighted by Crippen LogP contribution is -2.47. The van der Waals surface area contributed by atoms with E-state index in [0.717, 1.165) is 32.1 Å². The summed E-state index contributed by atoms with van der Waals surface area (Å²) in [5.74, 6) is -0.0313. The molecule has 0 aromatic heterocycles. The number of likely N-dealkylation sites (tertiary alicyclic amines) is 1. The number of hydrogen-bond donors (Lipinski definition) is 1. The average molecular weight is 252 g/mol. The van der Waals surface area contributed by atoms with Gasteiger partial charge in [-0.2, -0.15) is 0 Å². The lowest BCUT2D eigenvalue weighted by atomic mass is 10.1. The molecule has 0 bridgehead atoms. The molecule has 3 fully saturated rings. The van der Waals surface area contributed by atoms with Crippen LogP contribution in [-0.2, 0) is 14.3 Å². The first-order valence-electron chi connectivity index (χ1n) is 6.85. The Bertz CT molecular complexity index is 367. The van der Waals surface area contributed by atoms with Crippen LogP contribution in [0.1, 0.15) is 38.5 Å². The first-order chi connectivity index (χ1) is 8.70. The van der Waals surface area contributed by atoms with E-state index in [1.54, 1.807) is 7.11 Å². The smallest absolute Gasteiger partial charge is 0.247 e. The Morgan fingerprint density at radius 1 is 1.22 bits per heavy atom. The van der Waals surface area contributed by atoms with E-state index in [0.29, 0.717) is 6.42 Å². The molecule has 1 aliphatic heterocycles. The SMILES string of the molecule is COC1CCCC1NC1CC(=O)N(C2CC2)C1=O. The maximum atomic E-state index is 12.2. The summed E-state index contributed by atoms with van der Waals surface area (Å²) in [7, 11) is 1.71. The van der Waals surface area contributed by atoms with Crippen LogP contribution in [0.2, 0.25) is 0 Å². The average Bonchev–Trinajstić information content (AvgIpc) is 3.00. The fourth-order valence-corrected chi connectivity index (χ4v) is 3.15. The zero-order valence-electron chi connectivity index (χ0n) is 10.7. The van der Waals surface area contributed by atoms with E-state index >= 15 is 0 Å². The van der Waals surface area contributed by atoms with Crippen molar-refractivity contribution in [1.29, 1.82) is 0 Å². The number of hydrogen-bond acceptors (Lipinski definition) is 4. The van der Waals surface area contributed by atoms with E-state index in [2.05, 4.69) is 5.32 Å². The van der Waals surface area contributed by atoms with Crippen LogP contribution in [0.3, 0.4) is 0 Å². The van der Waals surface area contributed by atoms with E-state index in [-0.39, 0.29) is 36.0 Å². The van der Waals surface area contributed by atoms with Crippen LogP contribution in [0.15, 0.2) is 0 Å². The highest BCUT2D eigenvalue weighted by Crippen LogP contribution is 2.32. The van der Waals surface area contributed by atoms with Crippen LogP contribution in [-0.4, -0.2) is 48.1 Å². The normalized spacial score (nSPS) is 36.7. The number of carbonyl (C=O) groups excluding carboxylic acids is 2. The van der Waals surface area contributed by atoms with Gasteiger partial charge in [-0.05, 0) is 32.1 Å². The molecule has 1 N–H and O–H groups in total. The quantitative estimate of drug-likeness (QED) is 0.737. The van der Waals surface area contributed by atoms with Gasteiger partial charge in [0.05, 0.1) is 18.6 Å². The summed E-state index contributed by atoms with van der Waals surface area (Å²) in [6.07, 6.45) is 5.65. The fourth-order valence-electron chi connectivity index (χ4n) is 3.15. The Kier molecular flexibility index (Phi) is 3.11. The van der Waals surface area contributed by atoms with Crippen molar-refractivity contribution in [3.05, 3.63) is 0 Å². The highest BCUT2D eigenvalue weighted by atomic mass is 16.5. The number of nitrogens with one attached hydrogen (secondary N) is 1. The number of nitrogens with zero attached hydrogens (tertiary/aromatic N) is 1. The van der Waals surface area contributed by atoms with Crippen molar-refractivity contribution in [2.24, 2.45) is 0 Å². The third kappa shape index (κ3) is 2.06. The number of ether oxygens (including phenoxy) is 1. The standard InChI is InChI=1S/C13H20N2O3/c1-18-11-4-2-3-9(11)14-10-7-12(16)15(13(10)17)8-5-6-8/h8-11,14H,2-7H2,1H3. The Hall–Kier alpha value is -0.940. The molecule has 0 aromatic carbocycles. The molecule has 2 aliphatic carbocycles. The van der Waals surface area contributed by atoms with Gasteiger partial charge in [-0.25, -0.2) is 0 Å². The van der Waals surface area contributed by atoms with Gasteiger partial charge in [-0.15, -0.1) is 0 Å². The third-order valence-corrected chi connectivity index (χ3v) is 4.27. The maximum absolute atomic E-state index is 12.2. The molecule has 100 valence electrons. The van der Waals surface area contributed by atoms with Crippen LogP contribution in [0.5, 0.6) is 0 Å². The lowest BCUT2D eigenvalue weighted by Gasteiger charge is -2.23. The fraction of sp³-hybridized carbons (Fsp3) is 0.846. The summed E-state index contributed by atoms with van der Waals surface area (Å²) in [6, 6.07) is 0.0911. The summed E-state index contributed by atoms with van der Waals surface area (Å²) in [6.45, 7) is 0. The number of methoxy groups -OCH3 is 1. The van der Waals surface area contributed by atoms with Gasteiger partial charge < -0.3 is 10.1 Å². The summed E-state index contributed by atoms with van der Waals surface area (Å²) in [4.78, 5) is 25.5. The Morgan fingerprint density at radius 3 is 2.67 bits per heavy atom. The largest absolute Gasteiger partial charge is 0.380 e. The van der Waals surface area contributed by atoms with Crippen molar-refractivity contribution in [2.45, 2.75) is 62.8 Å². The second-order valence-corrected chi connectivity index (χ2v) is 5.57. The van der Waals surface area contributed by atoms with Gasteiger partial charge in [0.2, 0.25) is 11.8 Å². The molecule has 1 saturated heterocycles.